The summed E-state index contributed by atoms with van der Waals surface area (Å²) in [4.78, 5) is 11.7. The summed E-state index contributed by atoms with van der Waals surface area (Å²) in [5, 5.41) is 0. The van der Waals surface area contributed by atoms with Crippen LogP contribution in [0.1, 0.15) is 23.7 Å². The fourth-order valence-corrected chi connectivity index (χ4v) is 1.70. The Morgan fingerprint density at radius 1 is 1.41 bits per heavy atom. The number of carbonyl (C=O) groups excluding carboxylic acids is 1. The van der Waals surface area contributed by atoms with Gasteiger partial charge in [0.25, 0.3) is 0 Å². The third-order valence-electron chi connectivity index (χ3n) is 2.69. The van der Waals surface area contributed by atoms with Crippen LogP contribution >= 0.6 is 0 Å². The van der Waals surface area contributed by atoms with Gasteiger partial charge in [0.15, 0.2) is 0 Å². The van der Waals surface area contributed by atoms with Crippen molar-refractivity contribution in [2.24, 2.45) is 0 Å². The molecular weight excluding hydrogens is 216 g/mol. The molecule has 0 unspecified atom stereocenters. The Kier molecular flexibility index (Phi) is 3.59. The third-order valence-corrected chi connectivity index (χ3v) is 2.69. The standard InChI is InChI=1S/C14H16O3/c1-14(9-5-6-10-17-14)11-16-13(15)12-7-3-2-4-8-12/h2-5,7-9H,6,10-11H2,1H3/t14-/m1/s1. The smallest absolute Gasteiger partial charge is 0.338 e. The molecule has 3 nitrogen and oxygen atoms in total. The fourth-order valence-electron chi connectivity index (χ4n) is 1.70. The molecule has 1 aliphatic rings. The molecule has 0 aliphatic carbocycles. The molecular formula is C14H16O3. The van der Waals surface area contributed by atoms with Crippen LogP contribution in [0.3, 0.4) is 0 Å². The van der Waals surface area contributed by atoms with Crippen molar-refractivity contribution in [2.75, 3.05) is 13.2 Å². The summed E-state index contributed by atoms with van der Waals surface area (Å²) in [6.45, 7) is 2.84. The van der Waals surface area contributed by atoms with Crippen LogP contribution in [0.2, 0.25) is 0 Å². The van der Waals surface area contributed by atoms with Gasteiger partial charge in [-0.05, 0) is 25.5 Å². The van der Waals surface area contributed by atoms with Crippen molar-refractivity contribution in [2.45, 2.75) is 18.9 Å². The molecule has 0 fully saturated rings. The lowest BCUT2D eigenvalue weighted by atomic mass is 10.1. The zero-order valence-corrected chi connectivity index (χ0v) is 9.89. The van der Waals surface area contributed by atoms with Crippen LogP contribution < -0.4 is 0 Å². The van der Waals surface area contributed by atoms with Gasteiger partial charge in [-0.2, -0.15) is 0 Å². The number of hydrogen-bond donors (Lipinski definition) is 0. The van der Waals surface area contributed by atoms with E-state index in [4.69, 9.17) is 9.47 Å². The molecule has 0 radical (unpaired) electrons. The number of esters is 1. The van der Waals surface area contributed by atoms with Crippen molar-refractivity contribution >= 4 is 5.97 Å². The van der Waals surface area contributed by atoms with E-state index < -0.39 is 5.60 Å². The normalized spacial score (nSPS) is 23.4. The Labute approximate surface area is 101 Å². The van der Waals surface area contributed by atoms with Crippen molar-refractivity contribution in [1.29, 1.82) is 0 Å². The van der Waals surface area contributed by atoms with Crippen molar-refractivity contribution in [3.05, 3.63) is 48.0 Å². The Bertz CT molecular complexity index is 411. The fraction of sp³-hybridized carbons (Fsp3) is 0.357. The maximum atomic E-state index is 11.7. The van der Waals surface area contributed by atoms with Crippen LogP contribution in [0.5, 0.6) is 0 Å². The Morgan fingerprint density at radius 3 is 2.82 bits per heavy atom. The molecule has 1 aromatic rings. The first-order valence-electron chi connectivity index (χ1n) is 5.73. The third kappa shape index (κ3) is 3.17. The molecule has 0 amide bonds. The van der Waals surface area contributed by atoms with Gasteiger partial charge in [-0.3, -0.25) is 0 Å². The van der Waals surface area contributed by atoms with Crippen LogP contribution in [0.25, 0.3) is 0 Å². The molecule has 2 rings (SSSR count). The summed E-state index contributed by atoms with van der Waals surface area (Å²) in [5.74, 6) is -0.311. The summed E-state index contributed by atoms with van der Waals surface area (Å²) >= 11 is 0. The topological polar surface area (TPSA) is 35.5 Å². The molecule has 0 saturated carbocycles. The highest BCUT2D eigenvalue weighted by Crippen LogP contribution is 2.18. The van der Waals surface area contributed by atoms with Gasteiger partial charge >= 0.3 is 5.97 Å². The molecule has 1 atom stereocenters. The van der Waals surface area contributed by atoms with E-state index in [-0.39, 0.29) is 12.6 Å². The zero-order valence-electron chi connectivity index (χ0n) is 9.89. The highest BCUT2D eigenvalue weighted by atomic mass is 16.6. The second-order valence-corrected chi connectivity index (χ2v) is 4.29. The molecule has 17 heavy (non-hydrogen) atoms. The van der Waals surface area contributed by atoms with Crippen LogP contribution in [0.4, 0.5) is 0 Å². The molecule has 1 aliphatic heterocycles. The Morgan fingerprint density at radius 2 is 2.18 bits per heavy atom. The molecule has 0 bridgehead atoms. The molecule has 1 aromatic carbocycles. The number of carbonyl (C=O) groups is 1. The molecule has 0 aromatic heterocycles. The van der Waals surface area contributed by atoms with E-state index in [1.54, 1.807) is 12.1 Å². The van der Waals surface area contributed by atoms with Crippen molar-refractivity contribution < 1.29 is 14.3 Å². The lowest BCUT2D eigenvalue weighted by Crippen LogP contribution is -2.35. The monoisotopic (exact) mass is 232 g/mol. The molecule has 90 valence electrons. The maximum absolute atomic E-state index is 11.7. The summed E-state index contributed by atoms with van der Waals surface area (Å²) < 4.78 is 10.8. The van der Waals surface area contributed by atoms with Crippen molar-refractivity contribution in [3.63, 3.8) is 0 Å². The summed E-state index contributed by atoms with van der Waals surface area (Å²) in [6.07, 6.45) is 4.93. The molecule has 0 saturated heterocycles. The first kappa shape index (κ1) is 11.9. The van der Waals surface area contributed by atoms with Crippen LogP contribution in [-0.4, -0.2) is 24.8 Å². The Balaban J connectivity index is 1.92. The average Bonchev–Trinajstić information content (AvgIpc) is 2.38. The van der Waals surface area contributed by atoms with Gasteiger partial charge in [0.1, 0.15) is 12.2 Å². The Hall–Kier alpha value is -1.61. The highest BCUT2D eigenvalue weighted by Gasteiger charge is 2.25. The summed E-state index contributed by atoms with van der Waals surface area (Å²) in [6, 6.07) is 8.97. The first-order chi connectivity index (χ1) is 8.20. The average molecular weight is 232 g/mol. The number of ether oxygens (including phenoxy) is 2. The molecule has 3 heteroatoms. The lowest BCUT2D eigenvalue weighted by Gasteiger charge is -2.28. The lowest BCUT2D eigenvalue weighted by molar-refractivity contribution is -0.0477. The summed E-state index contributed by atoms with van der Waals surface area (Å²) in [5.41, 5.74) is 0.0822. The minimum atomic E-state index is -0.483. The van der Waals surface area contributed by atoms with E-state index in [1.165, 1.54) is 0 Å². The predicted octanol–water partition coefficient (Wildman–Crippen LogP) is 2.58. The van der Waals surface area contributed by atoms with Crippen LogP contribution in [0.15, 0.2) is 42.5 Å². The minimum Gasteiger partial charge on any atom is -0.459 e. The van der Waals surface area contributed by atoms with Gasteiger partial charge in [0, 0.05) is 0 Å². The van der Waals surface area contributed by atoms with Gasteiger partial charge in [-0.15, -0.1) is 0 Å². The number of benzene rings is 1. The highest BCUT2D eigenvalue weighted by molar-refractivity contribution is 5.89. The SMILES string of the molecule is C[C@]1(COC(=O)c2ccccc2)C=CCCO1. The van der Waals surface area contributed by atoms with Crippen LogP contribution in [-0.2, 0) is 9.47 Å². The van der Waals surface area contributed by atoms with Gasteiger partial charge in [0.05, 0.1) is 12.2 Å². The minimum absolute atomic E-state index is 0.247. The van der Waals surface area contributed by atoms with E-state index in [0.717, 1.165) is 6.42 Å². The van der Waals surface area contributed by atoms with E-state index >= 15 is 0 Å². The number of rotatable bonds is 3. The molecule has 0 N–H and O–H groups in total. The molecule has 1 heterocycles. The quantitative estimate of drug-likeness (QED) is 0.593. The summed E-state index contributed by atoms with van der Waals surface area (Å²) in [7, 11) is 0. The van der Waals surface area contributed by atoms with Crippen LogP contribution in [0, 0.1) is 0 Å². The largest absolute Gasteiger partial charge is 0.459 e. The first-order valence-corrected chi connectivity index (χ1v) is 5.73. The van der Waals surface area contributed by atoms with E-state index in [1.807, 2.05) is 31.2 Å². The molecule has 0 spiro atoms. The van der Waals surface area contributed by atoms with E-state index in [9.17, 15) is 4.79 Å². The second-order valence-electron chi connectivity index (χ2n) is 4.29. The van der Waals surface area contributed by atoms with E-state index in [0.29, 0.717) is 12.2 Å². The van der Waals surface area contributed by atoms with Gasteiger partial charge < -0.3 is 9.47 Å². The zero-order chi connectivity index (χ0) is 12.1. The van der Waals surface area contributed by atoms with Gasteiger partial charge in [-0.1, -0.05) is 30.4 Å². The van der Waals surface area contributed by atoms with E-state index in [2.05, 4.69) is 6.08 Å². The van der Waals surface area contributed by atoms with Gasteiger partial charge in [0.2, 0.25) is 0 Å². The predicted molar refractivity (Wildman–Crippen MR) is 64.8 cm³/mol. The van der Waals surface area contributed by atoms with Crippen molar-refractivity contribution in [1.82, 2.24) is 0 Å². The maximum Gasteiger partial charge on any atom is 0.338 e. The second kappa shape index (κ2) is 5.15. The van der Waals surface area contributed by atoms with Crippen molar-refractivity contribution in [3.8, 4) is 0 Å². The van der Waals surface area contributed by atoms with Gasteiger partial charge in [-0.25, -0.2) is 4.79 Å². The number of hydrogen-bond acceptors (Lipinski definition) is 3.